The highest BCUT2D eigenvalue weighted by Crippen LogP contribution is 2.30. The number of aliphatic hydroxyl groups excluding tert-OH is 1. The summed E-state index contributed by atoms with van der Waals surface area (Å²) >= 11 is 5.94. The molecule has 7 nitrogen and oxygen atoms in total. The van der Waals surface area contributed by atoms with E-state index in [2.05, 4.69) is 10.4 Å². The lowest BCUT2D eigenvalue weighted by Gasteiger charge is -2.13. The molecule has 0 bridgehead atoms. The molecule has 2 heterocycles. The van der Waals surface area contributed by atoms with Crippen molar-refractivity contribution in [3.63, 3.8) is 0 Å². The number of halogens is 1. The van der Waals surface area contributed by atoms with Crippen LogP contribution in [-0.2, 0) is 9.84 Å². The lowest BCUT2D eigenvalue weighted by atomic mass is 10.1. The van der Waals surface area contributed by atoms with Crippen molar-refractivity contribution in [3.05, 3.63) is 41.0 Å². The van der Waals surface area contributed by atoms with Crippen molar-refractivity contribution >= 4 is 27.3 Å². The van der Waals surface area contributed by atoms with Crippen LogP contribution in [0.5, 0.6) is 0 Å². The molecule has 2 N–H and O–H groups in total. The first-order chi connectivity index (χ1) is 12.3. The van der Waals surface area contributed by atoms with Crippen LogP contribution < -0.4 is 5.32 Å². The molecule has 1 amide bonds. The number of nitrogens with zero attached hydrogens (tertiary/aromatic N) is 2. The van der Waals surface area contributed by atoms with Gasteiger partial charge in [-0.25, -0.2) is 8.42 Å². The fourth-order valence-corrected chi connectivity index (χ4v) is 4.75. The van der Waals surface area contributed by atoms with E-state index < -0.39 is 21.8 Å². The van der Waals surface area contributed by atoms with Crippen molar-refractivity contribution in [2.45, 2.75) is 25.4 Å². The molecule has 1 aliphatic heterocycles. The fourth-order valence-electron chi connectivity index (χ4n) is 2.93. The van der Waals surface area contributed by atoms with E-state index in [0.29, 0.717) is 17.1 Å². The van der Waals surface area contributed by atoms with Crippen LogP contribution in [0.3, 0.4) is 0 Å². The van der Waals surface area contributed by atoms with Gasteiger partial charge in [-0.3, -0.25) is 9.48 Å². The monoisotopic (exact) mass is 397 g/mol. The molecule has 1 fully saturated rings. The minimum absolute atomic E-state index is 0.00334. The van der Waals surface area contributed by atoms with Gasteiger partial charge < -0.3 is 10.4 Å². The first kappa shape index (κ1) is 18.9. The highest BCUT2D eigenvalue weighted by atomic mass is 35.5. The van der Waals surface area contributed by atoms with Crippen molar-refractivity contribution in [1.82, 2.24) is 15.1 Å². The molecule has 0 unspecified atom stereocenters. The number of nitrogens with one attached hydrogen (secondary N) is 1. The summed E-state index contributed by atoms with van der Waals surface area (Å²) in [5.41, 5.74) is 1.63. The molecule has 1 saturated heterocycles. The zero-order valence-electron chi connectivity index (χ0n) is 14.2. The Bertz CT molecular complexity index is 909. The van der Waals surface area contributed by atoms with E-state index >= 15 is 0 Å². The second kappa shape index (κ2) is 7.38. The third kappa shape index (κ3) is 4.08. The molecule has 0 spiro atoms. The summed E-state index contributed by atoms with van der Waals surface area (Å²) in [5.74, 6) is -0.300. The highest BCUT2D eigenvalue weighted by molar-refractivity contribution is 7.91. The minimum atomic E-state index is -3.10. The predicted molar refractivity (Wildman–Crippen MR) is 99.0 cm³/mol. The smallest absolute Gasteiger partial charge is 0.272 e. The summed E-state index contributed by atoms with van der Waals surface area (Å²) in [7, 11) is -3.10. The van der Waals surface area contributed by atoms with Gasteiger partial charge in [-0.1, -0.05) is 23.7 Å². The summed E-state index contributed by atoms with van der Waals surface area (Å²) in [6, 6.07) is 7.98. The average molecular weight is 398 g/mol. The maximum atomic E-state index is 12.4. The Kier molecular flexibility index (Phi) is 5.36. The van der Waals surface area contributed by atoms with E-state index in [9.17, 15) is 13.2 Å². The van der Waals surface area contributed by atoms with Gasteiger partial charge in [0.05, 0.1) is 29.8 Å². The summed E-state index contributed by atoms with van der Waals surface area (Å²) in [6.45, 7) is 1.50. The largest absolute Gasteiger partial charge is 0.394 e. The normalized spacial score (nSPS) is 20.0. The van der Waals surface area contributed by atoms with Crippen LogP contribution in [0, 0.1) is 0 Å². The van der Waals surface area contributed by atoms with E-state index in [1.807, 2.05) is 0 Å². The molecule has 0 saturated carbocycles. The third-order valence-corrected chi connectivity index (χ3v) is 6.32. The van der Waals surface area contributed by atoms with Crippen LogP contribution in [0.4, 0.5) is 0 Å². The minimum Gasteiger partial charge on any atom is -0.394 e. The van der Waals surface area contributed by atoms with E-state index in [1.165, 1.54) is 0 Å². The van der Waals surface area contributed by atoms with Gasteiger partial charge in [0.1, 0.15) is 0 Å². The summed E-state index contributed by atoms with van der Waals surface area (Å²) in [5, 5.41) is 16.7. The summed E-state index contributed by atoms with van der Waals surface area (Å²) in [4.78, 5) is 12.4. The number of carbonyl (C=O) groups excluding carboxylic acids is 1. The Labute approximate surface area is 156 Å². The van der Waals surface area contributed by atoms with Gasteiger partial charge in [0, 0.05) is 11.1 Å². The van der Waals surface area contributed by atoms with Crippen LogP contribution in [0.2, 0.25) is 5.02 Å². The number of carbonyl (C=O) groups is 1. The van der Waals surface area contributed by atoms with Gasteiger partial charge in [-0.2, -0.15) is 5.10 Å². The molecule has 0 radical (unpaired) electrons. The molecule has 1 aromatic heterocycles. The van der Waals surface area contributed by atoms with E-state index in [4.69, 9.17) is 16.7 Å². The molecule has 3 rings (SSSR count). The number of hydrogen-bond donors (Lipinski definition) is 2. The molecule has 140 valence electrons. The van der Waals surface area contributed by atoms with Gasteiger partial charge in [0.15, 0.2) is 15.5 Å². The average Bonchev–Trinajstić information content (AvgIpc) is 3.18. The third-order valence-electron chi connectivity index (χ3n) is 4.31. The maximum absolute atomic E-state index is 12.4. The molecule has 1 aromatic carbocycles. The molecular weight excluding hydrogens is 378 g/mol. The number of hydrogen-bond acceptors (Lipinski definition) is 5. The van der Waals surface area contributed by atoms with E-state index in [0.717, 1.165) is 5.56 Å². The van der Waals surface area contributed by atoms with Crippen LogP contribution in [0.1, 0.15) is 29.9 Å². The zero-order chi connectivity index (χ0) is 18.9. The first-order valence-corrected chi connectivity index (χ1v) is 10.5. The molecule has 0 aliphatic carbocycles. The van der Waals surface area contributed by atoms with Crippen molar-refractivity contribution in [2.24, 2.45) is 0 Å². The quantitative estimate of drug-likeness (QED) is 0.799. The van der Waals surface area contributed by atoms with Gasteiger partial charge >= 0.3 is 0 Å². The van der Waals surface area contributed by atoms with Gasteiger partial charge in [-0.15, -0.1) is 0 Å². The van der Waals surface area contributed by atoms with Gasteiger partial charge in [0.25, 0.3) is 5.91 Å². The number of benzene rings is 1. The Balaban J connectivity index is 2.00. The Morgan fingerprint density at radius 1 is 1.42 bits per heavy atom. The predicted octanol–water partition coefficient (Wildman–Crippen LogP) is 1.67. The number of sulfone groups is 1. The second-order valence-electron chi connectivity index (χ2n) is 6.48. The zero-order valence-corrected chi connectivity index (χ0v) is 15.8. The van der Waals surface area contributed by atoms with Crippen LogP contribution >= 0.6 is 11.6 Å². The van der Waals surface area contributed by atoms with Crippen molar-refractivity contribution in [2.75, 3.05) is 18.1 Å². The van der Waals surface area contributed by atoms with Crippen LogP contribution in [0.15, 0.2) is 30.3 Å². The molecule has 26 heavy (non-hydrogen) atoms. The SMILES string of the molecule is C[C@@H](CO)NC(=O)c1cc(-c2ccc(Cl)cc2)n([C@H]2CCS(=O)(=O)C2)n1. The Morgan fingerprint density at radius 2 is 2.12 bits per heavy atom. The maximum Gasteiger partial charge on any atom is 0.272 e. The first-order valence-electron chi connectivity index (χ1n) is 8.26. The number of aromatic nitrogens is 2. The second-order valence-corrected chi connectivity index (χ2v) is 9.15. The van der Waals surface area contributed by atoms with Crippen LogP contribution in [-0.4, -0.2) is 53.4 Å². The van der Waals surface area contributed by atoms with Crippen molar-refractivity contribution in [1.29, 1.82) is 0 Å². The van der Waals surface area contributed by atoms with Crippen LogP contribution in [0.25, 0.3) is 11.3 Å². The van der Waals surface area contributed by atoms with Crippen molar-refractivity contribution < 1.29 is 18.3 Å². The number of amides is 1. The topological polar surface area (TPSA) is 101 Å². The lowest BCUT2D eigenvalue weighted by Crippen LogP contribution is -2.35. The molecule has 1 aliphatic rings. The fraction of sp³-hybridized carbons (Fsp3) is 0.412. The highest BCUT2D eigenvalue weighted by Gasteiger charge is 2.32. The number of aliphatic hydroxyl groups is 1. The number of rotatable bonds is 5. The van der Waals surface area contributed by atoms with Gasteiger partial charge in [0.2, 0.25) is 0 Å². The molecule has 9 heteroatoms. The Hall–Kier alpha value is -1.90. The molecular formula is C17H20ClN3O4S. The van der Waals surface area contributed by atoms with E-state index in [1.54, 1.807) is 41.9 Å². The summed E-state index contributed by atoms with van der Waals surface area (Å²) in [6.07, 6.45) is 0.457. The molecule has 2 aromatic rings. The van der Waals surface area contributed by atoms with Crippen molar-refractivity contribution in [3.8, 4) is 11.3 Å². The standard InChI is InChI=1S/C17H20ClN3O4S/c1-11(9-22)19-17(23)15-8-16(12-2-4-13(18)5-3-12)21(20-15)14-6-7-26(24,25)10-14/h2-5,8,11,14,22H,6-7,9-10H2,1H3,(H,19,23)/t11-,14-/m0/s1. The Morgan fingerprint density at radius 3 is 2.69 bits per heavy atom. The van der Waals surface area contributed by atoms with Gasteiger partial charge in [-0.05, 0) is 37.1 Å². The van der Waals surface area contributed by atoms with E-state index in [-0.39, 0.29) is 29.8 Å². The summed E-state index contributed by atoms with van der Waals surface area (Å²) < 4.78 is 25.3. The molecule has 2 atom stereocenters. The lowest BCUT2D eigenvalue weighted by molar-refractivity contribution is 0.0916.